The Morgan fingerprint density at radius 3 is 2.00 bits per heavy atom. The topological polar surface area (TPSA) is 12.0 Å². The molecule has 1 saturated heterocycles. The molecule has 1 saturated carbocycles. The smallest absolute Gasteiger partial charge is 0.0108 e. The van der Waals surface area contributed by atoms with Crippen LogP contribution in [0.15, 0.2) is 0 Å². The number of hydrogen-bond donors (Lipinski definition) is 1. The van der Waals surface area contributed by atoms with Gasteiger partial charge in [0, 0.05) is 12.6 Å². The highest BCUT2D eigenvalue weighted by Gasteiger charge is 2.47. The molecule has 1 heterocycles. The molecule has 1 N–H and O–H groups in total. The van der Waals surface area contributed by atoms with Crippen molar-refractivity contribution in [2.45, 2.75) is 59.4 Å². The van der Waals surface area contributed by atoms with Crippen molar-refractivity contribution in [1.29, 1.82) is 0 Å². The van der Waals surface area contributed by atoms with Crippen LogP contribution in [0.5, 0.6) is 0 Å². The lowest BCUT2D eigenvalue weighted by atomic mass is 9.59. The standard InChI is InChI=1S/C13H25N/c1-10-13(9-14-10)7-5-11(6-8-13)12(2,3)4/h10-11,14H,5-9H2,1-4H3/t10-,11?,13?/m1/s1. The maximum absolute atomic E-state index is 3.52. The minimum atomic E-state index is 0.530. The van der Waals surface area contributed by atoms with Gasteiger partial charge in [0.1, 0.15) is 0 Å². The van der Waals surface area contributed by atoms with Crippen molar-refractivity contribution in [3.05, 3.63) is 0 Å². The van der Waals surface area contributed by atoms with E-state index in [0.717, 1.165) is 12.0 Å². The van der Waals surface area contributed by atoms with Crippen molar-refractivity contribution in [1.82, 2.24) is 5.32 Å². The summed E-state index contributed by atoms with van der Waals surface area (Å²) in [6, 6.07) is 0.781. The summed E-state index contributed by atoms with van der Waals surface area (Å²) >= 11 is 0. The molecule has 2 rings (SSSR count). The van der Waals surface area contributed by atoms with E-state index in [4.69, 9.17) is 0 Å². The molecule has 0 aromatic carbocycles. The van der Waals surface area contributed by atoms with Crippen LogP contribution >= 0.6 is 0 Å². The first kappa shape index (κ1) is 10.5. The minimum absolute atomic E-state index is 0.530. The van der Waals surface area contributed by atoms with E-state index in [2.05, 4.69) is 33.0 Å². The Morgan fingerprint density at radius 2 is 1.71 bits per heavy atom. The van der Waals surface area contributed by atoms with Gasteiger partial charge in [-0.2, -0.15) is 0 Å². The predicted octanol–water partition coefficient (Wildman–Crippen LogP) is 3.20. The molecule has 82 valence electrons. The molecule has 2 fully saturated rings. The van der Waals surface area contributed by atoms with Gasteiger partial charge in [-0.25, -0.2) is 0 Å². The summed E-state index contributed by atoms with van der Waals surface area (Å²) in [5.74, 6) is 0.959. The molecular weight excluding hydrogens is 170 g/mol. The number of nitrogens with one attached hydrogen (secondary N) is 1. The molecule has 0 aromatic heterocycles. The van der Waals surface area contributed by atoms with Crippen molar-refractivity contribution in [2.24, 2.45) is 16.7 Å². The SMILES string of the molecule is C[C@H]1NCC12CCC(C(C)(C)C)CC2. The molecule has 1 nitrogen and oxygen atoms in total. The number of hydrogen-bond acceptors (Lipinski definition) is 1. The molecular formula is C13H25N. The van der Waals surface area contributed by atoms with Crippen LogP contribution < -0.4 is 5.32 Å². The lowest BCUT2D eigenvalue weighted by Crippen LogP contribution is -2.62. The Balaban J connectivity index is 1.92. The van der Waals surface area contributed by atoms with E-state index in [9.17, 15) is 0 Å². The maximum Gasteiger partial charge on any atom is 0.0108 e. The highest BCUT2D eigenvalue weighted by Crippen LogP contribution is 2.49. The summed E-state index contributed by atoms with van der Waals surface area (Å²) in [5, 5.41) is 3.52. The van der Waals surface area contributed by atoms with Gasteiger partial charge in [0.25, 0.3) is 0 Å². The fourth-order valence-corrected chi connectivity index (χ4v) is 3.26. The Bertz CT molecular complexity index is 206. The molecule has 2 aliphatic rings. The van der Waals surface area contributed by atoms with E-state index in [1.807, 2.05) is 0 Å². The first-order valence-electron chi connectivity index (χ1n) is 6.17. The zero-order valence-corrected chi connectivity index (χ0v) is 10.2. The Morgan fingerprint density at radius 1 is 1.14 bits per heavy atom. The van der Waals surface area contributed by atoms with E-state index in [1.165, 1.54) is 32.2 Å². The molecule has 1 aliphatic carbocycles. The summed E-state index contributed by atoms with van der Waals surface area (Å²) in [5.41, 5.74) is 1.23. The van der Waals surface area contributed by atoms with Gasteiger partial charge in [-0.3, -0.25) is 0 Å². The van der Waals surface area contributed by atoms with Gasteiger partial charge in [0.05, 0.1) is 0 Å². The Hall–Kier alpha value is -0.0400. The molecule has 1 atom stereocenters. The van der Waals surface area contributed by atoms with Gasteiger partial charge in [-0.15, -0.1) is 0 Å². The van der Waals surface area contributed by atoms with Crippen LogP contribution in [-0.4, -0.2) is 12.6 Å². The van der Waals surface area contributed by atoms with Crippen LogP contribution in [0.2, 0.25) is 0 Å². The number of rotatable bonds is 0. The van der Waals surface area contributed by atoms with Crippen LogP contribution in [0.4, 0.5) is 0 Å². The summed E-state index contributed by atoms with van der Waals surface area (Å²) in [4.78, 5) is 0. The highest BCUT2D eigenvalue weighted by molar-refractivity contribution is 5.02. The third-order valence-corrected chi connectivity index (χ3v) is 4.88. The van der Waals surface area contributed by atoms with Crippen molar-refractivity contribution < 1.29 is 0 Å². The van der Waals surface area contributed by atoms with Crippen LogP contribution in [0, 0.1) is 16.7 Å². The van der Waals surface area contributed by atoms with Crippen molar-refractivity contribution >= 4 is 0 Å². The van der Waals surface area contributed by atoms with E-state index in [0.29, 0.717) is 10.8 Å². The average Bonchev–Trinajstić information content (AvgIpc) is 2.14. The van der Waals surface area contributed by atoms with Gasteiger partial charge in [0.2, 0.25) is 0 Å². The molecule has 14 heavy (non-hydrogen) atoms. The molecule has 1 spiro atoms. The fraction of sp³-hybridized carbons (Fsp3) is 1.00. The Labute approximate surface area is 88.7 Å². The van der Waals surface area contributed by atoms with Gasteiger partial charge < -0.3 is 5.32 Å². The second-order valence-corrected chi connectivity index (χ2v) is 6.61. The first-order chi connectivity index (χ1) is 6.44. The lowest BCUT2D eigenvalue weighted by Gasteiger charge is -2.54. The van der Waals surface area contributed by atoms with E-state index in [1.54, 1.807) is 0 Å². The van der Waals surface area contributed by atoms with Gasteiger partial charge in [-0.05, 0) is 49.4 Å². The largest absolute Gasteiger partial charge is 0.313 e. The molecule has 1 heteroatoms. The van der Waals surface area contributed by atoms with E-state index >= 15 is 0 Å². The van der Waals surface area contributed by atoms with Crippen LogP contribution in [-0.2, 0) is 0 Å². The summed E-state index contributed by atoms with van der Waals surface area (Å²) < 4.78 is 0. The predicted molar refractivity (Wildman–Crippen MR) is 61.3 cm³/mol. The summed E-state index contributed by atoms with van der Waals surface area (Å²) in [6.07, 6.45) is 5.83. The third-order valence-electron chi connectivity index (χ3n) is 4.88. The second-order valence-electron chi connectivity index (χ2n) is 6.61. The van der Waals surface area contributed by atoms with Gasteiger partial charge >= 0.3 is 0 Å². The molecule has 0 unspecified atom stereocenters. The molecule has 0 radical (unpaired) electrons. The van der Waals surface area contributed by atoms with Crippen molar-refractivity contribution in [3.8, 4) is 0 Å². The quantitative estimate of drug-likeness (QED) is 0.626. The second kappa shape index (κ2) is 3.23. The van der Waals surface area contributed by atoms with Crippen molar-refractivity contribution in [2.75, 3.05) is 6.54 Å². The van der Waals surface area contributed by atoms with E-state index < -0.39 is 0 Å². The fourth-order valence-electron chi connectivity index (χ4n) is 3.26. The highest BCUT2D eigenvalue weighted by atomic mass is 15.0. The van der Waals surface area contributed by atoms with Crippen LogP contribution in [0.1, 0.15) is 53.4 Å². The van der Waals surface area contributed by atoms with E-state index in [-0.39, 0.29) is 0 Å². The Kier molecular flexibility index (Phi) is 2.42. The molecule has 1 aliphatic heterocycles. The minimum Gasteiger partial charge on any atom is -0.313 e. The van der Waals surface area contributed by atoms with Crippen LogP contribution in [0.25, 0.3) is 0 Å². The first-order valence-corrected chi connectivity index (χ1v) is 6.17. The van der Waals surface area contributed by atoms with Crippen LogP contribution in [0.3, 0.4) is 0 Å². The van der Waals surface area contributed by atoms with Gasteiger partial charge in [0.15, 0.2) is 0 Å². The zero-order valence-electron chi connectivity index (χ0n) is 10.2. The zero-order chi connectivity index (χ0) is 10.4. The van der Waals surface area contributed by atoms with Crippen molar-refractivity contribution in [3.63, 3.8) is 0 Å². The monoisotopic (exact) mass is 195 g/mol. The normalized spacial score (nSPS) is 43.7. The van der Waals surface area contributed by atoms with Gasteiger partial charge in [-0.1, -0.05) is 20.8 Å². The molecule has 0 bridgehead atoms. The molecule has 0 amide bonds. The lowest BCUT2D eigenvalue weighted by molar-refractivity contribution is 0.00681. The maximum atomic E-state index is 3.52. The summed E-state index contributed by atoms with van der Waals surface area (Å²) in [6.45, 7) is 10.8. The third kappa shape index (κ3) is 1.60. The molecule has 0 aromatic rings. The summed E-state index contributed by atoms with van der Waals surface area (Å²) in [7, 11) is 0. The average molecular weight is 195 g/mol.